The van der Waals surface area contributed by atoms with Gasteiger partial charge in [-0.25, -0.2) is 0 Å². The Morgan fingerprint density at radius 2 is 2.18 bits per heavy atom. The lowest BCUT2D eigenvalue weighted by atomic mass is 10.3. The number of rotatable bonds is 6. The molecule has 0 radical (unpaired) electrons. The maximum atomic E-state index is 10.6. The molecule has 1 aliphatic carbocycles. The van der Waals surface area contributed by atoms with Gasteiger partial charge in [-0.1, -0.05) is 0 Å². The van der Waals surface area contributed by atoms with Crippen LogP contribution in [0.1, 0.15) is 12.8 Å². The molecule has 0 spiro atoms. The summed E-state index contributed by atoms with van der Waals surface area (Å²) in [4.78, 5) is 10.2. The van der Waals surface area contributed by atoms with Crippen LogP contribution in [-0.4, -0.2) is 24.1 Å². The van der Waals surface area contributed by atoms with Gasteiger partial charge in [-0.3, -0.25) is 10.1 Å². The van der Waals surface area contributed by atoms with Gasteiger partial charge in [0.2, 0.25) is 0 Å². The molecule has 0 aromatic heterocycles. The molecule has 0 bridgehead atoms. The number of non-ortho nitro benzene ring substituents is 1. The quantitative estimate of drug-likeness (QED) is 0.359. The average molecular weight is 347 g/mol. The Hall–Kier alpha value is -0.890. The van der Waals surface area contributed by atoms with E-state index in [9.17, 15) is 10.1 Å². The third-order valence-corrected chi connectivity index (χ3v) is 3.51. The predicted molar refractivity (Wildman–Crippen MR) is 75.3 cm³/mol. The van der Waals surface area contributed by atoms with Crippen LogP contribution in [0.2, 0.25) is 0 Å². The molecule has 5 nitrogen and oxygen atoms in total. The lowest BCUT2D eigenvalue weighted by Crippen LogP contribution is -2.24. The van der Waals surface area contributed by atoms with Gasteiger partial charge in [0, 0.05) is 40.5 Å². The molecule has 1 aliphatic rings. The molecule has 2 rings (SSSR count). The molecule has 0 heterocycles. The first kappa shape index (κ1) is 12.6. The number of anilines is 1. The minimum absolute atomic E-state index is 0.135. The highest BCUT2D eigenvalue weighted by molar-refractivity contribution is 14.1. The number of benzene rings is 1. The summed E-state index contributed by atoms with van der Waals surface area (Å²) in [6.45, 7) is 1.77. The van der Waals surface area contributed by atoms with Crippen molar-refractivity contribution in [2.45, 2.75) is 18.9 Å². The van der Waals surface area contributed by atoms with Crippen LogP contribution in [0.3, 0.4) is 0 Å². The summed E-state index contributed by atoms with van der Waals surface area (Å²) in [6.07, 6.45) is 2.57. The first-order valence-corrected chi connectivity index (χ1v) is 6.66. The van der Waals surface area contributed by atoms with E-state index in [1.165, 1.54) is 18.9 Å². The number of hydrogen-bond acceptors (Lipinski definition) is 4. The van der Waals surface area contributed by atoms with Crippen LogP contribution in [0.25, 0.3) is 0 Å². The van der Waals surface area contributed by atoms with E-state index in [1.54, 1.807) is 12.1 Å². The summed E-state index contributed by atoms with van der Waals surface area (Å²) in [5.41, 5.74) is 1.09. The van der Waals surface area contributed by atoms with Gasteiger partial charge in [-0.2, -0.15) is 0 Å². The number of halogens is 1. The minimum Gasteiger partial charge on any atom is -0.383 e. The molecular weight excluding hydrogens is 333 g/mol. The summed E-state index contributed by atoms with van der Waals surface area (Å²) in [6, 6.07) is 5.58. The molecule has 0 unspecified atom stereocenters. The minimum atomic E-state index is -0.374. The van der Waals surface area contributed by atoms with Crippen molar-refractivity contribution in [2.24, 2.45) is 0 Å². The van der Waals surface area contributed by atoms with Crippen LogP contribution in [0.4, 0.5) is 11.4 Å². The van der Waals surface area contributed by atoms with E-state index >= 15 is 0 Å². The zero-order valence-electron chi connectivity index (χ0n) is 9.28. The van der Waals surface area contributed by atoms with Crippen LogP contribution in [0.15, 0.2) is 18.2 Å². The molecule has 0 amide bonds. The fourth-order valence-electron chi connectivity index (χ4n) is 1.52. The van der Waals surface area contributed by atoms with Crippen molar-refractivity contribution in [3.63, 3.8) is 0 Å². The maximum absolute atomic E-state index is 10.6. The zero-order chi connectivity index (χ0) is 12.3. The highest BCUT2D eigenvalue weighted by atomic mass is 127. The third kappa shape index (κ3) is 3.81. The second-order valence-electron chi connectivity index (χ2n) is 4.08. The first-order valence-electron chi connectivity index (χ1n) is 5.58. The normalized spacial score (nSPS) is 14.6. The number of nitro groups is 1. The summed E-state index contributed by atoms with van der Waals surface area (Å²) >= 11 is 2.11. The Morgan fingerprint density at radius 3 is 2.76 bits per heavy atom. The molecule has 17 heavy (non-hydrogen) atoms. The van der Waals surface area contributed by atoms with Crippen molar-refractivity contribution in [3.8, 4) is 0 Å². The van der Waals surface area contributed by atoms with Gasteiger partial charge in [-0.05, 0) is 41.5 Å². The van der Waals surface area contributed by atoms with Gasteiger partial charge in [-0.15, -0.1) is 0 Å². The van der Waals surface area contributed by atoms with Crippen molar-refractivity contribution in [1.29, 1.82) is 0 Å². The second-order valence-corrected chi connectivity index (χ2v) is 5.24. The van der Waals surface area contributed by atoms with Crippen LogP contribution < -0.4 is 10.6 Å². The number of nitrogens with one attached hydrogen (secondary N) is 2. The number of nitrogens with zero attached hydrogens (tertiary/aromatic N) is 1. The molecule has 0 atom stereocenters. The van der Waals surface area contributed by atoms with E-state index in [2.05, 4.69) is 33.2 Å². The molecule has 1 saturated carbocycles. The van der Waals surface area contributed by atoms with Gasteiger partial charge < -0.3 is 10.6 Å². The predicted octanol–water partition coefficient (Wildman–Crippen LogP) is 2.36. The second kappa shape index (κ2) is 5.63. The third-order valence-electron chi connectivity index (χ3n) is 2.61. The van der Waals surface area contributed by atoms with Crippen molar-refractivity contribution < 1.29 is 4.92 Å². The SMILES string of the molecule is O=[N+]([O-])c1ccc(NCCNC2CC2)c(I)c1. The molecular formula is C11H14IN3O2. The highest BCUT2D eigenvalue weighted by Gasteiger charge is 2.19. The van der Waals surface area contributed by atoms with E-state index in [4.69, 9.17) is 0 Å². The fourth-order valence-corrected chi connectivity index (χ4v) is 2.21. The van der Waals surface area contributed by atoms with Gasteiger partial charge in [0.1, 0.15) is 0 Å². The van der Waals surface area contributed by atoms with Crippen LogP contribution in [-0.2, 0) is 0 Å². The average Bonchev–Trinajstić information content (AvgIpc) is 3.09. The molecule has 6 heteroatoms. The van der Waals surface area contributed by atoms with E-state index < -0.39 is 0 Å². The van der Waals surface area contributed by atoms with Gasteiger partial charge >= 0.3 is 0 Å². The van der Waals surface area contributed by atoms with E-state index in [1.807, 2.05) is 0 Å². The lowest BCUT2D eigenvalue weighted by molar-refractivity contribution is -0.384. The lowest BCUT2D eigenvalue weighted by Gasteiger charge is -2.08. The van der Waals surface area contributed by atoms with Crippen molar-refractivity contribution in [1.82, 2.24) is 5.32 Å². The van der Waals surface area contributed by atoms with Crippen LogP contribution in [0.5, 0.6) is 0 Å². The zero-order valence-corrected chi connectivity index (χ0v) is 11.4. The molecule has 0 aliphatic heterocycles. The van der Waals surface area contributed by atoms with Crippen molar-refractivity contribution in [2.75, 3.05) is 18.4 Å². The Bertz CT molecular complexity index is 421. The molecule has 2 N–H and O–H groups in total. The Kier molecular flexibility index (Phi) is 4.16. The van der Waals surface area contributed by atoms with Crippen molar-refractivity contribution >= 4 is 34.0 Å². The van der Waals surface area contributed by atoms with E-state index in [0.717, 1.165) is 22.3 Å². The standard InChI is InChI=1S/C11H14IN3O2/c12-10-7-9(15(16)17)3-4-11(10)14-6-5-13-8-1-2-8/h3-4,7-8,13-14H,1-2,5-6H2. The smallest absolute Gasteiger partial charge is 0.270 e. The van der Waals surface area contributed by atoms with E-state index in [-0.39, 0.29) is 10.6 Å². The Morgan fingerprint density at radius 1 is 1.41 bits per heavy atom. The summed E-state index contributed by atoms with van der Waals surface area (Å²) in [5, 5.41) is 17.3. The van der Waals surface area contributed by atoms with Gasteiger partial charge in [0.05, 0.1) is 4.92 Å². The molecule has 1 fully saturated rings. The largest absolute Gasteiger partial charge is 0.383 e. The topological polar surface area (TPSA) is 67.2 Å². The monoisotopic (exact) mass is 347 g/mol. The van der Waals surface area contributed by atoms with E-state index in [0.29, 0.717) is 6.04 Å². The Balaban J connectivity index is 1.84. The maximum Gasteiger partial charge on any atom is 0.270 e. The molecule has 1 aromatic carbocycles. The molecule has 92 valence electrons. The van der Waals surface area contributed by atoms with Gasteiger partial charge in [0.25, 0.3) is 5.69 Å². The van der Waals surface area contributed by atoms with Crippen LogP contribution >= 0.6 is 22.6 Å². The summed E-state index contributed by atoms with van der Waals surface area (Å²) < 4.78 is 0.878. The number of hydrogen-bond donors (Lipinski definition) is 2. The number of nitro benzene ring substituents is 1. The highest BCUT2D eigenvalue weighted by Crippen LogP contribution is 2.23. The Labute approximate surface area is 113 Å². The van der Waals surface area contributed by atoms with Crippen molar-refractivity contribution in [3.05, 3.63) is 31.9 Å². The fraction of sp³-hybridized carbons (Fsp3) is 0.455. The first-order chi connectivity index (χ1) is 8.16. The van der Waals surface area contributed by atoms with Gasteiger partial charge in [0.15, 0.2) is 0 Å². The molecule has 0 saturated heterocycles. The summed E-state index contributed by atoms with van der Waals surface area (Å²) in [7, 11) is 0. The summed E-state index contributed by atoms with van der Waals surface area (Å²) in [5.74, 6) is 0. The van der Waals surface area contributed by atoms with Crippen LogP contribution in [0, 0.1) is 13.7 Å². The molecule has 1 aromatic rings.